The third-order valence-corrected chi connectivity index (χ3v) is 9.04. The van der Waals surface area contributed by atoms with E-state index in [1.807, 2.05) is 12.1 Å². The van der Waals surface area contributed by atoms with E-state index in [1.165, 1.54) is 54.4 Å². The summed E-state index contributed by atoms with van der Waals surface area (Å²) in [5, 5.41) is 7.29. The summed E-state index contributed by atoms with van der Waals surface area (Å²) in [6.45, 7) is 0. The van der Waals surface area contributed by atoms with Crippen LogP contribution in [0.5, 0.6) is 5.75 Å². The van der Waals surface area contributed by atoms with Crippen LogP contribution in [-0.2, 0) is 7.05 Å². The summed E-state index contributed by atoms with van der Waals surface area (Å²) in [6.07, 6.45) is 0. The van der Waals surface area contributed by atoms with Gasteiger partial charge in [-0.25, -0.2) is 4.57 Å². The molecule has 0 atom stereocenters. The minimum absolute atomic E-state index is 0.842. The number of aryl methyl sites for hydroxylation is 1. The van der Waals surface area contributed by atoms with E-state index in [0.29, 0.717) is 0 Å². The second-order valence-electron chi connectivity index (χ2n) is 11.2. The van der Waals surface area contributed by atoms with Gasteiger partial charge in [0.1, 0.15) is 16.8 Å². The molecule has 3 heterocycles. The summed E-state index contributed by atoms with van der Waals surface area (Å²) in [4.78, 5) is 0. The normalized spacial score (nSPS) is 12.0. The molecule has 0 saturated carbocycles. The van der Waals surface area contributed by atoms with Crippen LogP contribution in [0.1, 0.15) is 0 Å². The van der Waals surface area contributed by atoms with Gasteiger partial charge >= 0.3 is 0 Å². The topological polar surface area (TPSA) is 21.9 Å². The Morgan fingerprint density at radius 2 is 0.977 bits per heavy atom. The highest BCUT2D eigenvalue weighted by Gasteiger charge is 2.28. The molecule has 0 radical (unpaired) electrons. The number of aromatic nitrogens is 3. The van der Waals surface area contributed by atoms with E-state index >= 15 is 0 Å². The van der Waals surface area contributed by atoms with Gasteiger partial charge in [0.05, 0.1) is 25.2 Å². The fourth-order valence-electron chi connectivity index (χ4n) is 7.27. The van der Waals surface area contributed by atoms with E-state index in [2.05, 4.69) is 142 Å². The molecule has 43 heavy (non-hydrogen) atoms. The van der Waals surface area contributed by atoms with Crippen LogP contribution < -0.4 is 9.30 Å². The van der Waals surface area contributed by atoms with Crippen LogP contribution in [0.25, 0.3) is 76.8 Å². The Bertz CT molecular complexity index is 2620. The van der Waals surface area contributed by atoms with E-state index in [-0.39, 0.29) is 0 Å². The third kappa shape index (κ3) is 3.18. The van der Waals surface area contributed by atoms with E-state index < -0.39 is 0 Å². The Labute approximate surface area is 247 Å². The average molecular weight is 555 g/mol. The van der Waals surface area contributed by atoms with E-state index in [4.69, 9.17) is 4.74 Å². The fraction of sp³-hybridized carbons (Fsp3) is 0.0513. The molecule has 204 valence electrons. The number of imidazole rings is 1. The van der Waals surface area contributed by atoms with Crippen molar-refractivity contribution in [1.29, 1.82) is 0 Å². The molecule has 0 bridgehead atoms. The summed E-state index contributed by atoms with van der Waals surface area (Å²) >= 11 is 0. The molecule has 0 spiro atoms. The minimum atomic E-state index is 0.842. The van der Waals surface area contributed by atoms with Crippen LogP contribution >= 0.6 is 0 Å². The Hall–Kier alpha value is -5.61. The molecule has 4 heteroatoms. The number of rotatable bonds is 2. The number of ether oxygens (including phenoxy) is 1. The molecular formula is C39H28N3O+. The van der Waals surface area contributed by atoms with E-state index in [1.54, 1.807) is 7.11 Å². The molecule has 0 aliphatic carbocycles. The van der Waals surface area contributed by atoms with E-state index in [0.717, 1.165) is 28.2 Å². The van der Waals surface area contributed by atoms with Gasteiger partial charge in [0.25, 0.3) is 5.82 Å². The molecule has 0 amide bonds. The minimum Gasteiger partial charge on any atom is -0.496 e. The lowest BCUT2D eigenvalue weighted by atomic mass is 10.0. The molecule has 4 nitrogen and oxygen atoms in total. The third-order valence-electron chi connectivity index (χ3n) is 9.04. The first kappa shape index (κ1) is 24.0. The molecule has 6 aromatic carbocycles. The number of fused-ring (bicyclic) bond motifs is 9. The van der Waals surface area contributed by atoms with Gasteiger partial charge in [0.2, 0.25) is 0 Å². The zero-order valence-corrected chi connectivity index (χ0v) is 24.0. The van der Waals surface area contributed by atoms with Gasteiger partial charge in [-0.2, -0.15) is 4.40 Å². The van der Waals surface area contributed by atoms with Gasteiger partial charge in [-0.3, -0.25) is 0 Å². The summed E-state index contributed by atoms with van der Waals surface area (Å²) in [5.74, 6) is 1.91. The molecule has 0 saturated heterocycles. The lowest BCUT2D eigenvalue weighted by molar-refractivity contribution is -0.633. The van der Waals surface area contributed by atoms with Crippen LogP contribution in [0.2, 0.25) is 0 Å². The van der Waals surface area contributed by atoms with Crippen LogP contribution in [0, 0.1) is 0 Å². The fourth-order valence-corrected chi connectivity index (χ4v) is 7.27. The predicted octanol–water partition coefficient (Wildman–Crippen LogP) is 9.02. The second-order valence-corrected chi connectivity index (χ2v) is 11.2. The summed E-state index contributed by atoms with van der Waals surface area (Å²) in [6, 6.07) is 48.1. The van der Waals surface area contributed by atoms with Crippen molar-refractivity contribution in [2.24, 2.45) is 7.05 Å². The van der Waals surface area contributed by atoms with Gasteiger partial charge in [0.15, 0.2) is 16.6 Å². The van der Waals surface area contributed by atoms with Gasteiger partial charge in [0, 0.05) is 21.5 Å². The highest BCUT2D eigenvalue weighted by atomic mass is 16.5. The lowest BCUT2D eigenvalue weighted by Crippen LogP contribution is -2.29. The molecule has 3 aromatic heterocycles. The first-order valence-electron chi connectivity index (χ1n) is 14.6. The first-order valence-corrected chi connectivity index (χ1v) is 14.6. The van der Waals surface area contributed by atoms with Crippen molar-refractivity contribution in [1.82, 2.24) is 8.80 Å². The molecular weight excluding hydrogens is 526 g/mol. The molecule has 0 aliphatic rings. The van der Waals surface area contributed by atoms with Crippen molar-refractivity contribution in [3.8, 4) is 17.1 Å². The molecule has 0 N–H and O–H groups in total. The van der Waals surface area contributed by atoms with Gasteiger partial charge in [-0.15, -0.1) is 0 Å². The Kier molecular flexibility index (Phi) is 5.00. The maximum Gasteiger partial charge on any atom is 0.298 e. The number of nitrogens with zero attached hydrogens (tertiary/aromatic N) is 3. The quantitative estimate of drug-likeness (QED) is 0.195. The zero-order chi connectivity index (χ0) is 28.7. The van der Waals surface area contributed by atoms with Crippen molar-refractivity contribution in [2.75, 3.05) is 7.11 Å². The largest absolute Gasteiger partial charge is 0.496 e. The van der Waals surface area contributed by atoms with Crippen LogP contribution in [-0.4, -0.2) is 15.9 Å². The number of para-hydroxylation sites is 5. The van der Waals surface area contributed by atoms with Gasteiger partial charge in [-0.1, -0.05) is 91.0 Å². The SMILES string of the molecule is COc1ccccc1-c1n2c3cccc4c5ccccc5n(c5ccccc5c5ccccc5c5cccc(c52)[n+]1C)c43. The Morgan fingerprint density at radius 3 is 1.70 bits per heavy atom. The zero-order valence-electron chi connectivity index (χ0n) is 24.0. The summed E-state index contributed by atoms with van der Waals surface area (Å²) in [5.41, 5.74) is 8.03. The van der Waals surface area contributed by atoms with Crippen molar-refractivity contribution in [2.45, 2.75) is 0 Å². The highest BCUT2D eigenvalue weighted by molar-refractivity contribution is 6.20. The number of hydrogen-bond donors (Lipinski definition) is 0. The lowest BCUT2D eigenvalue weighted by Gasteiger charge is -2.08. The molecule has 0 fully saturated rings. The average Bonchev–Trinajstić information content (AvgIpc) is 3.56. The van der Waals surface area contributed by atoms with Crippen molar-refractivity contribution in [3.05, 3.63) is 133 Å². The standard InChI is InChI=1S/C39H28N3O/c1-40-34-22-11-18-29-26-14-4-3-13-25(26)27-15-5-8-20-32(27)41-33-21-9-6-16-28(33)30-19-12-23-35(38(30)41)42(37(29)34)39(40)31-17-7-10-24-36(31)43-2/h3-24H,1-2H3/q+1. The molecule has 0 aliphatic heterocycles. The Balaban J connectivity index is 1.76. The predicted molar refractivity (Wildman–Crippen MR) is 178 cm³/mol. The second kappa shape index (κ2) is 8.94. The van der Waals surface area contributed by atoms with Crippen molar-refractivity contribution < 1.29 is 9.30 Å². The number of benzene rings is 6. The van der Waals surface area contributed by atoms with Crippen LogP contribution in [0.4, 0.5) is 0 Å². The molecule has 0 unspecified atom stereocenters. The number of methoxy groups -OCH3 is 1. The maximum absolute atomic E-state index is 5.96. The monoisotopic (exact) mass is 554 g/mol. The highest BCUT2D eigenvalue weighted by Crippen LogP contribution is 2.39. The number of hydrogen-bond acceptors (Lipinski definition) is 1. The molecule has 9 rings (SSSR count). The van der Waals surface area contributed by atoms with Crippen LogP contribution in [0.3, 0.4) is 0 Å². The van der Waals surface area contributed by atoms with Gasteiger partial charge in [-0.05, 0) is 53.2 Å². The van der Waals surface area contributed by atoms with Crippen LogP contribution in [0.15, 0.2) is 133 Å². The maximum atomic E-state index is 5.96. The van der Waals surface area contributed by atoms with Gasteiger partial charge < -0.3 is 9.14 Å². The van der Waals surface area contributed by atoms with Crippen molar-refractivity contribution in [3.63, 3.8) is 0 Å². The Morgan fingerprint density at radius 1 is 0.465 bits per heavy atom. The first-order chi connectivity index (χ1) is 21.3. The summed E-state index contributed by atoms with van der Waals surface area (Å²) in [7, 11) is 3.92. The molecule has 9 aromatic rings. The summed E-state index contributed by atoms with van der Waals surface area (Å²) < 4.78 is 13.2. The smallest absolute Gasteiger partial charge is 0.298 e. The van der Waals surface area contributed by atoms with Crippen molar-refractivity contribution >= 4 is 65.4 Å². The van der Waals surface area contributed by atoms with E-state index in [9.17, 15) is 0 Å².